The van der Waals surface area contributed by atoms with Gasteiger partial charge in [-0.25, -0.2) is 0 Å². The molecule has 0 aliphatic rings. The molecule has 1 unspecified atom stereocenters. The maximum atomic E-state index is 12.0. The summed E-state index contributed by atoms with van der Waals surface area (Å²) < 4.78 is 0. The summed E-state index contributed by atoms with van der Waals surface area (Å²) in [6.07, 6.45) is 6.57. The maximum Gasteiger partial charge on any atom is 0.218 e. The number of rotatable bonds is 9. The van der Waals surface area contributed by atoms with Gasteiger partial charge in [0, 0.05) is 18.8 Å². The molecule has 1 heterocycles. The first-order chi connectivity index (χ1) is 14.8. The lowest BCUT2D eigenvalue weighted by Gasteiger charge is -2.27. The number of amides is 1. The zero-order valence-electron chi connectivity index (χ0n) is 19.1. The number of aromatic nitrogens is 1. The lowest BCUT2D eigenvalue weighted by atomic mass is 9.76. The fourth-order valence-corrected chi connectivity index (χ4v) is 4.59. The number of nitrogens with two attached hydrogens (primary N) is 1. The summed E-state index contributed by atoms with van der Waals surface area (Å²) >= 11 is 0. The smallest absolute Gasteiger partial charge is 0.218 e. The Hall–Kier alpha value is -2.94. The number of carbonyl (C=O) groups excluding carboxylic acids is 1. The van der Waals surface area contributed by atoms with E-state index >= 15 is 0 Å². The van der Waals surface area contributed by atoms with E-state index in [4.69, 9.17) is 5.73 Å². The number of pyridine rings is 1. The van der Waals surface area contributed by atoms with Crippen molar-refractivity contribution < 1.29 is 4.79 Å². The zero-order chi connectivity index (χ0) is 22.4. The van der Waals surface area contributed by atoms with Crippen molar-refractivity contribution in [2.75, 3.05) is 0 Å². The van der Waals surface area contributed by atoms with Gasteiger partial charge < -0.3 is 5.73 Å². The summed E-state index contributed by atoms with van der Waals surface area (Å²) in [7, 11) is 0. The van der Waals surface area contributed by atoms with Gasteiger partial charge in [0.15, 0.2) is 0 Å². The van der Waals surface area contributed by atoms with Crippen LogP contribution in [0.3, 0.4) is 0 Å². The minimum Gasteiger partial charge on any atom is -0.370 e. The third-order valence-electron chi connectivity index (χ3n) is 5.72. The van der Waals surface area contributed by atoms with Crippen LogP contribution >= 0.6 is 0 Å². The second-order valence-electron chi connectivity index (χ2n) is 8.84. The van der Waals surface area contributed by atoms with Crippen molar-refractivity contribution in [2.45, 2.75) is 59.3 Å². The second-order valence-corrected chi connectivity index (χ2v) is 8.84. The molecule has 3 heteroatoms. The van der Waals surface area contributed by atoms with Crippen LogP contribution in [0.4, 0.5) is 0 Å². The van der Waals surface area contributed by atoms with Crippen molar-refractivity contribution >= 4 is 5.91 Å². The summed E-state index contributed by atoms with van der Waals surface area (Å²) in [5.41, 5.74) is 14.4. The normalized spacial score (nSPS) is 12.2. The van der Waals surface area contributed by atoms with E-state index in [0.717, 1.165) is 19.3 Å². The van der Waals surface area contributed by atoms with Crippen molar-refractivity contribution in [1.82, 2.24) is 4.98 Å². The Morgan fingerprint density at radius 2 is 1.52 bits per heavy atom. The predicted molar refractivity (Wildman–Crippen MR) is 128 cm³/mol. The molecule has 3 rings (SSSR count). The topological polar surface area (TPSA) is 56.0 Å². The molecule has 1 atom stereocenters. The minimum atomic E-state index is -0.268. The van der Waals surface area contributed by atoms with Crippen molar-refractivity contribution in [3.8, 4) is 0 Å². The van der Waals surface area contributed by atoms with Gasteiger partial charge in [-0.15, -0.1) is 0 Å². The standard InChI is InChI=1S/C28H33N2O/c1-19-10-20(2)13-23(12-19)7-8-25(17-28(29)31)27(16-24-6-5-9-30-18-24)26-14-21(3)11-22(4)15-26/h5-6,9-15,18,27H,7-8,16-17H2,1-4H3,(H2,29,31). The molecule has 31 heavy (non-hydrogen) atoms. The fourth-order valence-electron chi connectivity index (χ4n) is 4.59. The van der Waals surface area contributed by atoms with E-state index in [9.17, 15) is 4.79 Å². The Balaban J connectivity index is 1.94. The SMILES string of the molecule is Cc1cc(C)cc(CC[C](CC(N)=O)C(Cc2cccnc2)c2cc(C)cc(C)c2)c1. The van der Waals surface area contributed by atoms with E-state index in [1.807, 2.05) is 12.3 Å². The molecule has 161 valence electrons. The summed E-state index contributed by atoms with van der Waals surface area (Å²) in [5.74, 6) is 1.05. The van der Waals surface area contributed by atoms with Crippen LogP contribution in [0, 0.1) is 33.6 Å². The second kappa shape index (κ2) is 10.4. The largest absolute Gasteiger partial charge is 0.370 e. The van der Waals surface area contributed by atoms with E-state index < -0.39 is 0 Å². The number of hydrogen-bond acceptors (Lipinski definition) is 2. The Morgan fingerprint density at radius 1 is 0.903 bits per heavy atom. The van der Waals surface area contributed by atoms with Gasteiger partial charge in [0.2, 0.25) is 5.91 Å². The summed E-state index contributed by atoms with van der Waals surface area (Å²) in [6, 6.07) is 17.4. The van der Waals surface area contributed by atoms with Crippen LogP contribution in [0.2, 0.25) is 0 Å². The van der Waals surface area contributed by atoms with Crippen LogP contribution in [0.25, 0.3) is 0 Å². The molecule has 2 N–H and O–H groups in total. The predicted octanol–water partition coefficient (Wildman–Crippen LogP) is 5.72. The first-order valence-electron chi connectivity index (χ1n) is 11.0. The first kappa shape index (κ1) is 22.7. The zero-order valence-corrected chi connectivity index (χ0v) is 19.1. The molecule has 0 aliphatic heterocycles. The molecule has 3 nitrogen and oxygen atoms in total. The average Bonchev–Trinajstić information content (AvgIpc) is 2.68. The van der Waals surface area contributed by atoms with Crippen LogP contribution in [0.15, 0.2) is 60.9 Å². The number of primary amides is 1. The summed E-state index contributed by atoms with van der Waals surface area (Å²) in [4.78, 5) is 16.3. The van der Waals surface area contributed by atoms with E-state index in [0.29, 0.717) is 6.42 Å². The molecule has 0 bridgehead atoms. The highest BCUT2D eigenvalue weighted by Gasteiger charge is 2.26. The molecule has 0 aliphatic carbocycles. The maximum absolute atomic E-state index is 12.0. The molecular weight excluding hydrogens is 380 g/mol. The van der Waals surface area contributed by atoms with E-state index in [2.05, 4.69) is 75.1 Å². The third-order valence-corrected chi connectivity index (χ3v) is 5.72. The molecule has 1 amide bonds. The Kier molecular flexibility index (Phi) is 7.62. The molecule has 0 saturated carbocycles. The third kappa shape index (κ3) is 6.78. The van der Waals surface area contributed by atoms with Gasteiger partial charge in [0.1, 0.15) is 0 Å². The van der Waals surface area contributed by atoms with Gasteiger partial charge >= 0.3 is 0 Å². The van der Waals surface area contributed by atoms with E-state index in [1.165, 1.54) is 44.9 Å². The number of nitrogens with zero attached hydrogens (tertiary/aromatic N) is 1. The first-order valence-corrected chi connectivity index (χ1v) is 11.0. The number of benzene rings is 2. The van der Waals surface area contributed by atoms with Gasteiger partial charge in [-0.2, -0.15) is 0 Å². The van der Waals surface area contributed by atoms with Gasteiger partial charge in [-0.1, -0.05) is 64.7 Å². The number of hydrogen-bond donors (Lipinski definition) is 1. The molecule has 0 spiro atoms. The van der Waals surface area contributed by atoms with Gasteiger partial charge in [0.05, 0.1) is 0 Å². The molecule has 3 aromatic rings. The molecular formula is C28H33N2O. The minimum absolute atomic E-state index is 0.126. The van der Waals surface area contributed by atoms with Crippen LogP contribution in [0.5, 0.6) is 0 Å². The summed E-state index contributed by atoms with van der Waals surface area (Å²) in [5, 5.41) is 0. The number of aryl methyl sites for hydroxylation is 5. The highest BCUT2D eigenvalue weighted by Crippen LogP contribution is 2.36. The number of carbonyl (C=O) groups is 1. The Morgan fingerprint density at radius 3 is 2.06 bits per heavy atom. The average molecular weight is 414 g/mol. The van der Waals surface area contributed by atoms with Crippen LogP contribution in [-0.4, -0.2) is 10.9 Å². The lowest BCUT2D eigenvalue weighted by Crippen LogP contribution is -2.22. The van der Waals surface area contributed by atoms with Crippen molar-refractivity contribution in [2.24, 2.45) is 5.73 Å². The van der Waals surface area contributed by atoms with Crippen molar-refractivity contribution in [3.05, 3.63) is 106 Å². The van der Waals surface area contributed by atoms with Crippen LogP contribution in [-0.2, 0) is 17.6 Å². The lowest BCUT2D eigenvalue weighted by molar-refractivity contribution is -0.117. The summed E-state index contributed by atoms with van der Waals surface area (Å²) in [6.45, 7) is 8.51. The van der Waals surface area contributed by atoms with Gasteiger partial charge in [0.25, 0.3) is 0 Å². The molecule has 2 aromatic carbocycles. The van der Waals surface area contributed by atoms with Crippen LogP contribution in [0.1, 0.15) is 57.7 Å². The highest BCUT2D eigenvalue weighted by molar-refractivity contribution is 5.76. The van der Waals surface area contributed by atoms with Gasteiger partial charge in [-0.05, 0) is 81.5 Å². The molecule has 1 radical (unpaired) electrons. The Bertz CT molecular complexity index is 986. The fraction of sp³-hybridized carbons (Fsp3) is 0.321. The van der Waals surface area contributed by atoms with Crippen molar-refractivity contribution in [3.63, 3.8) is 0 Å². The molecule has 0 saturated heterocycles. The molecule has 0 fully saturated rings. The molecule has 1 aromatic heterocycles. The quantitative estimate of drug-likeness (QED) is 0.487. The Labute approximate surface area is 186 Å². The van der Waals surface area contributed by atoms with Gasteiger partial charge in [-0.3, -0.25) is 9.78 Å². The van der Waals surface area contributed by atoms with Crippen LogP contribution < -0.4 is 5.73 Å². The van der Waals surface area contributed by atoms with Crippen molar-refractivity contribution in [1.29, 1.82) is 0 Å². The van der Waals surface area contributed by atoms with E-state index in [-0.39, 0.29) is 11.8 Å². The monoisotopic (exact) mass is 413 g/mol. The van der Waals surface area contributed by atoms with E-state index in [1.54, 1.807) is 6.20 Å². The highest BCUT2D eigenvalue weighted by atomic mass is 16.1.